The average Bonchev–Trinajstić information content (AvgIpc) is 2.84. The summed E-state index contributed by atoms with van der Waals surface area (Å²) in [6.45, 7) is 4.85. The summed E-state index contributed by atoms with van der Waals surface area (Å²) in [5, 5.41) is 7.05. The first-order chi connectivity index (χ1) is 9.60. The Bertz CT molecular complexity index is 552. The summed E-state index contributed by atoms with van der Waals surface area (Å²) in [4.78, 5) is 6.59. The lowest BCUT2D eigenvalue weighted by Crippen LogP contribution is -2.31. The van der Waals surface area contributed by atoms with Gasteiger partial charge in [-0.15, -0.1) is 0 Å². The SMILES string of the molecule is COc1ccccc1C[C@@H](C)N(C)Cc1n[nH]c(C)n1. The van der Waals surface area contributed by atoms with E-state index in [0.29, 0.717) is 6.04 Å². The van der Waals surface area contributed by atoms with Crippen molar-refractivity contribution >= 4 is 0 Å². The van der Waals surface area contributed by atoms with Crippen molar-refractivity contribution in [1.82, 2.24) is 20.1 Å². The van der Waals surface area contributed by atoms with Crippen molar-refractivity contribution in [3.63, 3.8) is 0 Å². The van der Waals surface area contributed by atoms with Crippen molar-refractivity contribution < 1.29 is 4.74 Å². The number of para-hydroxylation sites is 1. The van der Waals surface area contributed by atoms with Gasteiger partial charge in [0.2, 0.25) is 0 Å². The monoisotopic (exact) mass is 274 g/mol. The third-order valence-electron chi connectivity index (χ3n) is 3.49. The molecule has 0 radical (unpaired) electrons. The van der Waals surface area contributed by atoms with Crippen LogP contribution in [-0.4, -0.2) is 40.3 Å². The predicted molar refractivity (Wildman–Crippen MR) is 78.7 cm³/mol. The van der Waals surface area contributed by atoms with Gasteiger partial charge in [-0.2, -0.15) is 5.10 Å². The Hall–Kier alpha value is -1.88. The molecule has 5 nitrogen and oxygen atoms in total. The molecule has 5 heteroatoms. The number of hydrogen-bond donors (Lipinski definition) is 1. The Morgan fingerprint density at radius 3 is 2.75 bits per heavy atom. The van der Waals surface area contributed by atoms with E-state index in [0.717, 1.165) is 30.4 Å². The van der Waals surface area contributed by atoms with Crippen LogP contribution in [0.25, 0.3) is 0 Å². The highest BCUT2D eigenvalue weighted by Gasteiger charge is 2.14. The summed E-state index contributed by atoms with van der Waals surface area (Å²) in [7, 11) is 3.80. The molecule has 0 saturated carbocycles. The van der Waals surface area contributed by atoms with E-state index in [9.17, 15) is 0 Å². The molecule has 1 aromatic heterocycles. The van der Waals surface area contributed by atoms with Crippen LogP contribution < -0.4 is 4.74 Å². The Kier molecular flexibility index (Phi) is 4.74. The predicted octanol–water partition coefficient (Wildman–Crippen LogP) is 2.18. The number of aryl methyl sites for hydroxylation is 1. The molecule has 0 saturated heterocycles. The van der Waals surface area contributed by atoms with Gasteiger partial charge in [-0.3, -0.25) is 10.00 Å². The second-order valence-electron chi connectivity index (χ2n) is 5.12. The second kappa shape index (κ2) is 6.52. The van der Waals surface area contributed by atoms with Gasteiger partial charge in [0.15, 0.2) is 5.82 Å². The molecule has 0 fully saturated rings. The molecule has 0 aliphatic heterocycles. The molecule has 2 rings (SSSR count). The number of H-pyrrole nitrogens is 1. The molecule has 0 spiro atoms. The third kappa shape index (κ3) is 3.57. The fourth-order valence-corrected chi connectivity index (χ4v) is 2.18. The minimum Gasteiger partial charge on any atom is -0.496 e. The minimum atomic E-state index is 0.380. The van der Waals surface area contributed by atoms with Gasteiger partial charge >= 0.3 is 0 Å². The molecular formula is C15H22N4O. The molecule has 1 aromatic carbocycles. The van der Waals surface area contributed by atoms with E-state index in [1.54, 1.807) is 7.11 Å². The van der Waals surface area contributed by atoms with E-state index >= 15 is 0 Å². The highest BCUT2D eigenvalue weighted by molar-refractivity contribution is 5.33. The first-order valence-corrected chi connectivity index (χ1v) is 6.80. The average molecular weight is 274 g/mol. The van der Waals surface area contributed by atoms with E-state index in [4.69, 9.17) is 4.74 Å². The standard InChI is InChI=1S/C15H22N4O/c1-11(9-13-7-5-6-8-14(13)20-4)19(3)10-15-16-12(2)17-18-15/h5-8,11H,9-10H2,1-4H3,(H,16,17,18)/t11-/m1/s1. The maximum Gasteiger partial charge on any atom is 0.164 e. The molecule has 108 valence electrons. The van der Waals surface area contributed by atoms with E-state index in [2.05, 4.69) is 40.1 Å². The quantitative estimate of drug-likeness (QED) is 0.877. The number of aromatic nitrogens is 3. The van der Waals surface area contributed by atoms with Gasteiger partial charge in [0, 0.05) is 6.04 Å². The lowest BCUT2D eigenvalue weighted by atomic mass is 10.1. The number of benzene rings is 1. The summed E-state index contributed by atoms with van der Waals surface area (Å²) in [6, 6.07) is 8.53. The van der Waals surface area contributed by atoms with Gasteiger partial charge in [0.25, 0.3) is 0 Å². The third-order valence-corrected chi connectivity index (χ3v) is 3.49. The van der Waals surface area contributed by atoms with E-state index in [-0.39, 0.29) is 0 Å². The first kappa shape index (κ1) is 14.5. The van der Waals surface area contributed by atoms with E-state index < -0.39 is 0 Å². The van der Waals surface area contributed by atoms with Crippen LogP contribution in [0.3, 0.4) is 0 Å². The van der Waals surface area contributed by atoms with Gasteiger partial charge in [0.05, 0.1) is 13.7 Å². The number of aromatic amines is 1. The lowest BCUT2D eigenvalue weighted by molar-refractivity contribution is 0.241. The highest BCUT2D eigenvalue weighted by atomic mass is 16.5. The van der Waals surface area contributed by atoms with Crippen LogP contribution in [0.1, 0.15) is 24.1 Å². The topological polar surface area (TPSA) is 54.0 Å². The molecular weight excluding hydrogens is 252 g/mol. The van der Waals surface area contributed by atoms with Crippen molar-refractivity contribution in [2.45, 2.75) is 32.9 Å². The number of rotatable bonds is 6. The molecule has 1 atom stereocenters. The van der Waals surface area contributed by atoms with Crippen molar-refractivity contribution in [2.24, 2.45) is 0 Å². The maximum atomic E-state index is 5.40. The smallest absolute Gasteiger partial charge is 0.164 e. The second-order valence-corrected chi connectivity index (χ2v) is 5.12. The summed E-state index contributed by atoms with van der Waals surface area (Å²) >= 11 is 0. The molecule has 1 N–H and O–H groups in total. The van der Waals surface area contributed by atoms with Gasteiger partial charge in [-0.1, -0.05) is 18.2 Å². The van der Waals surface area contributed by atoms with Crippen LogP contribution >= 0.6 is 0 Å². The summed E-state index contributed by atoms with van der Waals surface area (Å²) < 4.78 is 5.40. The lowest BCUT2D eigenvalue weighted by Gasteiger charge is -2.24. The van der Waals surface area contributed by atoms with E-state index in [1.807, 2.05) is 25.1 Å². The van der Waals surface area contributed by atoms with Gasteiger partial charge in [0.1, 0.15) is 11.6 Å². The maximum absolute atomic E-state index is 5.40. The van der Waals surface area contributed by atoms with Crippen molar-refractivity contribution in [1.29, 1.82) is 0 Å². The van der Waals surface area contributed by atoms with Crippen molar-refractivity contribution in [2.75, 3.05) is 14.2 Å². The zero-order valence-electron chi connectivity index (χ0n) is 12.6. The fraction of sp³-hybridized carbons (Fsp3) is 0.467. The number of methoxy groups -OCH3 is 1. The molecule has 20 heavy (non-hydrogen) atoms. The number of nitrogens with zero attached hydrogens (tertiary/aromatic N) is 3. The van der Waals surface area contributed by atoms with Gasteiger partial charge < -0.3 is 4.74 Å². The molecule has 2 aromatic rings. The Labute approximate surface area is 120 Å². The number of likely N-dealkylation sites (N-methyl/N-ethyl adjacent to an activating group) is 1. The summed E-state index contributed by atoms with van der Waals surface area (Å²) in [5.74, 6) is 2.63. The number of ether oxygens (including phenoxy) is 1. The van der Waals surface area contributed by atoms with E-state index in [1.165, 1.54) is 5.56 Å². The fourth-order valence-electron chi connectivity index (χ4n) is 2.18. The van der Waals surface area contributed by atoms with Crippen LogP contribution in [-0.2, 0) is 13.0 Å². The first-order valence-electron chi connectivity index (χ1n) is 6.80. The van der Waals surface area contributed by atoms with Crippen molar-refractivity contribution in [3.05, 3.63) is 41.5 Å². The summed E-state index contributed by atoms with van der Waals surface area (Å²) in [5.41, 5.74) is 1.22. The zero-order chi connectivity index (χ0) is 14.5. The van der Waals surface area contributed by atoms with Crippen LogP contribution in [0.4, 0.5) is 0 Å². The minimum absolute atomic E-state index is 0.380. The van der Waals surface area contributed by atoms with Gasteiger partial charge in [-0.25, -0.2) is 4.98 Å². The van der Waals surface area contributed by atoms with Crippen LogP contribution in [0, 0.1) is 6.92 Å². The molecule has 0 bridgehead atoms. The summed E-state index contributed by atoms with van der Waals surface area (Å²) in [6.07, 6.45) is 0.934. The van der Waals surface area contributed by atoms with Crippen molar-refractivity contribution in [3.8, 4) is 5.75 Å². The van der Waals surface area contributed by atoms with Crippen LogP contribution in [0.15, 0.2) is 24.3 Å². The number of hydrogen-bond acceptors (Lipinski definition) is 4. The molecule has 0 unspecified atom stereocenters. The molecule has 0 amide bonds. The molecule has 1 heterocycles. The van der Waals surface area contributed by atoms with Crippen LogP contribution in [0.5, 0.6) is 5.75 Å². The normalized spacial score (nSPS) is 12.7. The Morgan fingerprint density at radius 1 is 1.35 bits per heavy atom. The Morgan fingerprint density at radius 2 is 2.10 bits per heavy atom. The van der Waals surface area contributed by atoms with Gasteiger partial charge in [-0.05, 0) is 38.9 Å². The highest BCUT2D eigenvalue weighted by Crippen LogP contribution is 2.20. The zero-order valence-corrected chi connectivity index (χ0v) is 12.6. The molecule has 0 aliphatic carbocycles. The molecule has 0 aliphatic rings. The number of nitrogens with one attached hydrogen (secondary N) is 1. The van der Waals surface area contributed by atoms with Crippen LogP contribution in [0.2, 0.25) is 0 Å². The Balaban J connectivity index is 1.98. The largest absolute Gasteiger partial charge is 0.496 e.